The number of hydrogen-bond acceptors (Lipinski definition) is 4. The fourth-order valence-corrected chi connectivity index (χ4v) is 1.99. The number of nitrogens with two attached hydrogens (primary N) is 1. The Labute approximate surface area is 124 Å². The molecule has 3 N–H and O–H groups in total. The molecule has 0 spiro atoms. The summed E-state index contributed by atoms with van der Waals surface area (Å²) in [5.41, 5.74) is 6.74. The molecule has 1 saturated carbocycles. The maximum absolute atomic E-state index is 12.9. The molecule has 5 heteroatoms. The molecule has 0 unspecified atom stereocenters. The van der Waals surface area contributed by atoms with Gasteiger partial charge in [-0.15, -0.1) is 0 Å². The van der Waals surface area contributed by atoms with E-state index in [1.54, 1.807) is 18.2 Å². The van der Waals surface area contributed by atoms with Crippen LogP contribution in [0.5, 0.6) is 0 Å². The van der Waals surface area contributed by atoms with Crippen molar-refractivity contribution >= 4 is 17.3 Å². The number of nitrogens with one attached hydrogen (secondary N) is 1. The highest BCUT2D eigenvalue weighted by molar-refractivity contribution is 5.92. The van der Waals surface area contributed by atoms with Gasteiger partial charge in [-0.25, -0.2) is 4.79 Å². The zero-order valence-corrected chi connectivity index (χ0v) is 12.8. The fraction of sp³-hybridized carbons (Fsp3) is 0.562. The second-order valence-corrected chi connectivity index (χ2v) is 6.79. The Morgan fingerprint density at radius 2 is 2.10 bits per heavy atom. The lowest BCUT2D eigenvalue weighted by Gasteiger charge is -2.20. The van der Waals surface area contributed by atoms with Gasteiger partial charge in [-0.3, -0.25) is 4.39 Å². The Morgan fingerprint density at radius 3 is 2.62 bits per heavy atom. The molecule has 0 heterocycles. The minimum atomic E-state index is -0.543. The number of carbonyl (C=O) groups excluding carboxylic acids is 1. The van der Waals surface area contributed by atoms with Gasteiger partial charge in [0.1, 0.15) is 5.60 Å². The van der Waals surface area contributed by atoms with Crippen molar-refractivity contribution in [3.63, 3.8) is 0 Å². The van der Waals surface area contributed by atoms with Gasteiger partial charge in [0.15, 0.2) is 0 Å². The smallest absolute Gasteiger partial charge is 0.338 e. The summed E-state index contributed by atoms with van der Waals surface area (Å²) in [6, 6.07) is 4.96. The van der Waals surface area contributed by atoms with Crippen molar-refractivity contribution in [2.24, 2.45) is 5.41 Å². The Kier molecular flexibility index (Phi) is 4.12. The zero-order valence-electron chi connectivity index (χ0n) is 12.8. The van der Waals surface area contributed by atoms with Crippen LogP contribution in [0.2, 0.25) is 0 Å². The Hall–Kier alpha value is -1.78. The molecule has 4 nitrogen and oxygen atoms in total. The first-order chi connectivity index (χ1) is 9.75. The molecule has 1 aliphatic rings. The third-order valence-electron chi connectivity index (χ3n) is 3.58. The minimum Gasteiger partial charge on any atom is -0.456 e. The lowest BCUT2D eigenvalue weighted by molar-refractivity contribution is 0.00696. The number of rotatable bonds is 5. The molecule has 0 bridgehead atoms. The lowest BCUT2D eigenvalue weighted by Crippen LogP contribution is -2.24. The summed E-state index contributed by atoms with van der Waals surface area (Å²) in [4.78, 5) is 12.0. The first-order valence-corrected chi connectivity index (χ1v) is 7.17. The summed E-state index contributed by atoms with van der Waals surface area (Å²) in [5, 5.41) is 3.15. The third kappa shape index (κ3) is 4.09. The maximum Gasteiger partial charge on any atom is 0.338 e. The van der Waals surface area contributed by atoms with E-state index in [9.17, 15) is 9.18 Å². The summed E-state index contributed by atoms with van der Waals surface area (Å²) in [5.74, 6) is -0.392. The van der Waals surface area contributed by atoms with Gasteiger partial charge in [-0.1, -0.05) is 0 Å². The predicted octanol–water partition coefficient (Wildman–Crippen LogP) is 3.39. The first kappa shape index (κ1) is 15.6. The van der Waals surface area contributed by atoms with Crippen LogP contribution in [0.3, 0.4) is 0 Å². The van der Waals surface area contributed by atoms with Crippen molar-refractivity contribution in [2.45, 2.75) is 39.2 Å². The van der Waals surface area contributed by atoms with Gasteiger partial charge in [0.05, 0.1) is 23.6 Å². The Balaban J connectivity index is 2.08. The molecule has 0 atom stereocenters. The normalized spacial score (nSPS) is 16.4. The van der Waals surface area contributed by atoms with Crippen LogP contribution in [-0.4, -0.2) is 24.8 Å². The molecule has 0 aliphatic heterocycles. The predicted molar refractivity (Wildman–Crippen MR) is 82.2 cm³/mol. The number of esters is 1. The van der Waals surface area contributed by atoms with E-state index < -0.39 is 11.6 Å². The number of anilines is 2. The fourth-order valence-electron chi connectivity index (χ4n) is 1.99. The molecular weight excluding hydrogens is 271 g/mol. The van der Waals surface area contributed by atoms with E-state index in [1.807, 2.05) is 20.8 Å². The summed E-state index contributed by atoms with van der Waals surface area (Å²) >= 11 is 0. The molecule has 0 aromatic heterocycles. The van der Waals surface area contributed by atoms with Crippen molar-refractivity contribution in [1.29, 1.82) is 0 Å². The highest BCUT2D eigenvalue weighted by Gasteiger charge is 2.42. The van der Waals surface area contributed by atoms with Gasteiger partial charge in [0.25, 0.3) is 0 Å². The average molecular weight is 294 g/mol. The molecule has 1 aromatic carbocycles. The van der Waals surface area contributed by atoms with Crippen LogP contribution < -0.4 is 11.1 Å². The van der Waals surface area contributed by atoms with E-state index in [0.29, 0.717) is 23.5 Å². The number of carbonyl (C=O) groups is 1. The topological polar surface area (TPSA) is 64.3 Å². The van der Waals surface area contributed by atoms with Gasteiger partial charge in [-0.2, -0.15) is 0 Å². The number of hydrogen-bond donors (Lipinski definition) is 2. The minimum absolute atomic E-state index is 0.242. The summed E-state index contributed by atoms with van der Waals surface area (Å²) in [6.07, 6.45) is 1.78. The largest absolute Gasteiger partial charge is 0.456 e. The Morgan fingerprint density at radius 1 is 1.43 bits per heavy atom. The van der Waals surface area contributed by atoms with Crippen molar-refractivity contribution in [3.05, 3.63) is 23.8 Å². The van der Waals surface area contributed by atoms with Crippen molar-refractivity contribution in [1.82, 2.24) is 0 Å². The molecule has 0 amide bonds. The van der Waals surface area contributed by atoms with Crippen LogP contribution in [0.25, 0.3) is 0 Å². The maximum atomic E-state index is 12.9. The SMILES string of the molecule is CC(C)(C)OC(=O)c1ccc(N)c(NCC2(CF)CC2)c1. The van der Waals surface area contributed by atoms with E-state index in [-0.39, 0.29) is 12.1 Å². The summed E-state index contributed by atoms with van der Waals surface area (Å²) in [7, 11) is 0. The number of benzene rings is 1. The van der Waals surface area contributed by atoms with E-state index in [4.69, 9.17) is 10.5 Å². The molecular formula is C16H23FN2O2. The molecule has 1 fully saturated rings. The highest BCUT2D eigenvalue weighted by atomic mass is 19.1. The number of alkyl halides is 1. The zero-order chi connectivity index (χ0) is 15.7. The van der Waals surface area contributed by atoms with E-state index >= 15 is 0 Å². The van der Waals surface area contributed by atoms with Crippen LogP contribution in [0.1, 0.15) is 44.0 Å². The number of nitrogen functional groups attached to an aromatic ring is 1. The van der Waals surface area contributed by atoms with Gasteiger partial charge in [0.2, 0.25) is 0 Å². The highest BCUT2D eigenvalue weighted by Crippen LogP contribution is 2.46. The van der Waals surface area contributed by atoms with Crippen LogP contribution in [0, 0.1) is 5.41 Å². The molecule has 0 radical (unpaired) electrons. The molecule has 0 saturated heterocycles. The second kappa shape index (κ2) is 5.54. The standard InChI is InChI=1S/C16H23FN2O2/c1-15(2,3)21-14(20)11-4-5-12(18)13(8-11)19-10-16(9-17)6-7-16/h4-5,8,19H,6-7,9-10,18H2,1-3H3. The quantitative estimate of drug-likeness (QED) is 0.645. The van der Waals surface area contributed by atoms with E-state index in [1.165, 1.54) is 0 Å². The molecule has 2 rings (SSSR count). The van der Waals surface area contributed by atoms with Crippen molar-refractivity contribution in [3.8, 4) is 0 Å². The number of halogens is 1. The van der Waals surface area contributed by atoms with E-state index in [0.717, 1.165) is 12.8 Å². The first-order valence-electron chi connectivity index (χ1n) is 7.17. The molecule has 116 valence electrons. The van der Waals surface area contributed by atoms with Crippen LogP contribution in [-0.2, 0) is 4.74 Å². The average Bonchev–Trinajstić information content (AvgIpc) is 3.16. The Bertz CT molecular complexity index is 534. The molecule has 1 aliphatic carbocycles. The van der Waals surface area contributed by atoms with Crippen molar-refractivity contribution < 1.29 is 13.9 Å². The van der Waals surface area contributed by atoms with Crippen LogP contribution >= 0.6 is 0 Å². The van der Waals surface area contributed by atoms with Crippen LogP contribution in [0.15, 0.2) is 18.2 Å². The molecule has 21 heavy (non-hydrogen) atoms. The third-order valence-corrected chi connectivity index (χ3v) is 3.58. The summed E-state index contributed by atoms with van der Waals surface area (Å²) in [6.45, 7) is 5.66. The van der Waals surface area contributed by atoms with E-state index in [2.05, 4.69) is 5.32 Å². The molecule has 1 aromatic rings. The van der Waals surface area contributed by atoms with Crippen molar-refractivity contribution in [2.75, 3.05) is 24.3 Å². The summed E-state index contributed by atoms with van der Waals surface area (Å²) < 4.78 is 18.2. The van der Waals surface area contributed by atoms with Gasteiger partial charge in [0, 0.05) is 12.0 Å². The van der Waals surface area contributed by atoms with Gasteiger partial charge >= 0.3 is 5.97 Å². The van der Waals surface area contributed by atoms with Gasteiger partial charge in [-0.05, 0) is 51.8 Å². The lowest BCUT2D eigenvalue weighted by atomic mass is 10.1. The van der Waals surface area contributed by atoms with Gasteiger partial charge < -0.3 is 15.8 Å². The van der Waals surface area contributed by atoms with Crippen LogP contribution in [0.4, 0.5) is 15.8 Å². The second-order valence-electron chi connectivity index (χ2n) is 6.79. The number of ether oxygens (including phenoxy) is 1. The monoisotopic (exact) mass is 294 g/mol.